The Hall–Kier alpha value is -0.940. The van der Waals surface area contributed by atoms with E-state index in [2.05, 4.69) is 20.4 Å². The van der Waals surface area contributed by atoms with Gasteiger partial charge >= 0.3 is 0 Å². The van der Waals surface area contributed by atoms with E-state index in [1.54, 1.807) is 0 Å². The first-order valence-electron chi connectivity index (χ1n) is 5.03. The molecule has 0 aromatic carbocycles. The smallest absolute Gasteiger partial charge is 0.213 e. The number of aromatic nitrogens is 2. The van der Waals surface area contributed by atoms with E-state index in [4.69, 9.17) is 4.52 Å². The van der Waals surface area contributed by atoms with Gasteiger partial charge in [-0.25, -0.2) is 0 Å². The van der Waals surface area contributed by atoms with E-state index in [1.807, 2.05) is 7.05 Å². The minimum atomic E-state index is 0.677. The van der Waals surface area contributed by atoms with E-state index in [9.17, 15) is 0 Å². The molecule has 1 aliphatic heterocycles. The van der Waals surface area contributed by atoms with Gasteiger partial charge in [0.15, 0.2) is 5.82 Å². The lowest BCUT2D eigenvalue weighted by atomic mass is 10.1. The van der Waals surface area contributed by atoms with Crippen LogP contribution in [0.3, 0.4) is 0 Å². The number of rotatable bonds is 3. The van der Waals surface area contributed by atoms with E-state index in [-0.39, 0.29) is 0 Å². The third kappa shape index (κ3) is 2.30. The van der Waals surface area contributed by atoms with Crippen molar-refractivity contribution in [1.82, 2.24) is 20.4 Å². The normalized spacial score (nSPS) is 20.1. The molecule has 1 fully saturated rings. The molecular formula is C9H16N4O. The molecule has 0 bridgehead atoms. The molecule has 14 heavy (non-hydrogen) atoms. The van der Waals surface area contributed by atoms with Gasteiger partial charge in [0, 0.05) is 19.1 Å². The Morgan fingerprint density at radius 1 is 1.57 bits per heavy atom. The summed E-state index contributed by atoms with van der Waals surface area (Å²) in [7, 11) is 2.03. The lowest BCUT2D eigenvalue weighted by molar-refractivity contribution is 0.188. The number of nitrogens with one attached hydrogen (secondary N) is 1. The predicted octanol–water partition coefficient (Wildman–Crippen LogP) is 0.253. The van der Waals surface area contributed by atoms with Crippen LogP contribution in [0.5, 0.6) is 0 Å². The van der Waals surface area contributed by atoms with E-state index >= 15 is 0 Å². The van der Waals surface area contributed by atoms with Gasteiger partial charge in [0.05, 0.1) is 6.54 Å². The summed E-state index contributed by atoms with van der Waals surface area (Å²) in [5.74, 6) is 0.785. The Morgan fingerprint density at radius 2 is 2.36 bits per heavy atom. The van der Waals surface area contributed by atoms with Crippen LogP contribution in [0.1, 0.15) is 18.7 Å². The van der Waals surface area contributed by atoms with Gasteiger partial charge in [0.25, 0.3) is 0 Å². The Bertz CT molecular complexity index is 254. The zero-order valence-electron chi connectivity index (χ0n) is 8.44. The standard InChI is InChI=1S/C9H16N4O/c1-10-8-2-4-13(5-3-8)6-9-11-7-14-12-9/h7-8,10H,2-6H2,1H3. The second-order valence-electron chi connectivity index (χ2n) is 3.69. The van der Waals surface area contributed by atoms with Crippen molar-refractivity contribution in [1.29, 1.82) is 0 Å². The molecule has 0 amide bonds. The summed E-state index contributed by atoms with van der Waals surface area (Å²) in [5.41, 5.74) is 0. The Balaban J connectivity index is 1.79. The fourth-order valence-corrected chi connectivity index (χ4v) is 1.84. The maximum absolute atomic E-state index is 4.70. The molecule has 2 heterocycles. The first-order valence-corrected chi connectivity index (χ1v) is 5.03. The summed E-state index contributed by atoms with van der Waals surface area (Å²) in [5, 5.41) is 7.11. The fraction of sp³-hybridized carbons (Fsp3) is 0.778. The van der Waals surface area contributed by atoms with Crippen LogP contribution in [-0.2, 0) is 6.54 Å². The van der Waals surface area contributed by atoms with Gasteiger partial charge in [-0.15, -0.1) is 0 Å². The first-order chi connectivity index (χ1) is 6.88. The number of hydrogen-bond acceptors (Lipinski definition) is 5. The van der Waals surface area contributed by atoms with Crippen molar-refractivity contribution in [2.45, 2.75) is 25.4 Å². The van der Waals surface area contributed by atoms with Crippen molar-refractivity contribution in [3.05, 3.63) is 12.2 Å². The van der Waals surface area contributed by atoms with Crippen LogP contribution in [0.2, 0.25) is 0 Å². The summed E-state index contributed by atoms with van der Waals surface area (Å²) in [6.45, 7) is 3.03. The zero-order chi connectivity index (χ0) is 9.80. The molecule has 0 saturated carbocycles. The molecule has 1 saturated heterocycles. The average molecular weight is 196 g/mol. The van der Waals surface area contributed by atoms with E-state index in [1.165, 1.54) is 19.2 Å². The van der Waals surface area contributed by atoms with Crippen LogP contribution < -0.4 is 5.32 Å². The lowest BCUT2D eigenvalue weighted by Crippen LogP contribution is -2.40. The molecule has 5 nitrogen and oxygen atoms in total. The van der Waals surface area contributed by atoms with Crippen molar-refractivity contribution >= 4 is 0 Å². The molecule has 1 N–H and O–H groups in total. The number of nitrogens with zero attached hydrogens (tertiary/aromatic N) is 3. The van der Waals surface area contributed by atoms with Crippen molar-refractivity contribution in [3.63, 3.8) is 0 Å². The quantitative estimate of drug-likeness (QED) is 0.751. The maximum atomic E-state index is 4.70. The molecule has 0 radical (unpaired) electrons. The highest BCUT2D eigenvalue weighted by molar-refractivity contribution is 4.82. The summed E-state index contributed by atoms with van der Waals surface area (Å²) in [6.07, 6.45) is 3.79. The highest BCUT2D eigenvalue weighted by Crippen LogP contribution is 2.11. The van der Waals surface area contributed by atoms with E-state index in [0.717, 1.165) is 25.5 Å². The second kappa shape index (κ2) is 4.52. The van der Waals surface area contributed by atoms with Gasteiger partial charge in [-0.1, -0.05) is 5.16 Å². The third-order valence-corrected chi connectivity index (χ3v) is 2.77. The Kier molecular flexibility index (Phi) is 3.10. The summed E-state index contributed by atoms with van der Waals surface area (Å²) >= 11 is 0. The van der Waals surface area contributed by atoms with Crippen LogP contribution in [0.15, 0.2) is 10.9 Å². The van der Waals surface area contributed by atoms with Crippen molar-refractivity contribution < 1.29 is 4.52 Å². The zero-order valence-corrected chi connectivity index (χ0v) is 8.44. The molecule has 78 valence electrons. The minimum absolute atomic E-state index is 0.677. The largest absolute Gasteiger partial charge is 0.343 e. The second-order valence-corrected chi connectivity index (χ2v) is 3.69. The highest BCUT2D eigenvalue weighted by atomic mass is 16.5. The number of hydrogen-bond donors (Lipinski definition) is 1. The highest BCUT2D eigenvalue weighted by Gasteiger charge is 2.18. The lowest BCUT2D eigenvalue weighted by Gasteiger charge is -2.30. The van der Waals surface area contributed by atoms with Crippen LogP contribution in [0.25, 0.3) is 0 Å². The van der Waals surface area contributed by atoms with Crippen LogP contribution >= 0.6 is 0 Å². The Morgan fingerprint density at radius 3 is 2.93 bits per heavy atom. The Labute approximate surface area is 83.5 Å². The molecule has 0 spiro atoms. The van der Waals surface area contributed by atoms with Crippen LogP contribution in [0, 0.1) is 0 Å². The van der Waals surface area contributed by atoms with Gasteiger partial charge in [-0.3, -0.25) is 4.90 Å². The van der Waals surface area contributed by atoms with Gasteiger partial charge < -0.3 is 9.84 Å². The first kappa shape index (κ1) is 9.61. The molecule has 1 aliphatic rings. The maximum Gasteiger partial charge on any atom is 0.213 e. The summed E-state index contributed by atoms with van der Waals surface area (Å²) in [4.78, 5) is 6.37. The summed E-state index contributed by atoms with van der Waals surface area (Å²) < 4.78 is 4.70. The minimum Gasteiger partial charge on any atom is -0.343 e. The van der Waals surface area contributed by atoms with Gasteiger partial charge in [-0.05, 0) is 19.9 Å². The van der Waals surface area contributed by atoms with E-state index in [0.29, 0.717) is 6.04 Å². The predicted molar refractivity (Wildman–Crippen MR) is 51.7 cm³/mol. The fourth-order valence-electron chi connectivity index (χ4n) is 1.84. The average Bonchev–Trinajstić information content (AvgIpc) is 2.72. The van der Waals surface area contributed by atoms with Crippen molar-refractivity contribution in [3.8, 4) is 0 Å². The van der Waals surface area contributed by atoms with Gasteiger partial charge in [0.1, 0.15) is 0 Å². The monoisotopic (exact) mass is 196 g/mol. The SMILES string of the molecule is CNC1CCN(Cc2ncon2)CC1. The van der Waals surface area contributed by atoms with Gasteiger partial charge in [-0.2, -0.15) is 4.98 Å². The molecule has 5 heteroatoms. The molecule has 1 aromatic heterocycles. The molecule has 0 atom stereocenters. The summed E-state index contributed by atoms with van der Waals surface area (Å²) in [6, 6.07) is 0.677. The topological polar surface area (TPSA) is 54.2 Å². The molecule has 2 rings (SSSR count). The molecule has 1 aromatic rings. The van der Waals surface area contributed by atoms with Crippen molar-refractivity contribution in [2.75, 3.05) is 20.1 Å². The van der Waals surface area contributed by atoms with Crippen molar-refractivity contribution in [2.24, 2.45) is 0 Å². The molecule has 0 aliphatic carbocycles. The van der Waals surface area contributed by atoms with Crippen LogP contribution in [-0.4, -0.2) is 41.2 Å². The third-order valence-electron chi connectivity index (χ3n) is 2.77. The van der Waals surface area contributed by atoms with Crippen LogP contribution in [0.4, 0.5) is 0 Å². The molecular weight excluding hydrogens is 180 g/mol. The van der Waals surface area contributed by atoms with E-state index < -0.39 is 0 Å². The number of likely N-dealkylation sites (tertiary alicyclic amines) is 1. The van der Waals surface area contributed by atoms with Gasteiger partial charge in [0.2, 0.25) is 6.39 Å². The number of piperidine rings is 1. The molecule has 0 unspecified atom stereocenters.